The second-order valence-corrected chi connectivity index (χ2v) is 4.57. The van der Waals surface area contributed by atoms with Gasteiger partial charge in [-0.3, -0.25) is 0 Å². The first-order valence-corrected chi connectivity index (χ1v) is 6.01. The predicted molar refractivity (Wildman–Crippen MR) is 71.7 cm³/mol. The Labute approximate surface area is 115 Å². The zero-order valence-electron chi connectivity index (χ0n) is 9.27. The molecule has 18 heavy (non-hydrogen) atoms. The zero-order chi connectivity index (χ0) is 13.1. The van der Waals surface area contributed by atoms with Crippen molar-refractivity contribution < 1.29 is 5.11 Å². The number of aliphatic hydroxyl groups is 1. The molecule has 0 aliphatic rings. The number of hydrogen-bond acceptors (Lipinski definition) is 2. The van der Waals surface area contributed by atoms with Crippen molar-refractivity contribution in [1.82, 2.24) is 0 Å². The van der Waals surface area contributed by atoms with Crippen LogP contribution < -0.4 is 0 Å². The average Bonchev–Trinajstić information content (AvgIpc) is 2.41. The second-order valence-electron chi connectivity index (χ2n) is 3.78. The van der Waals surface area contributed by atoms with Gasteiger partial charge in [0.05, 0.1) is 21.7 Å². The third kappa shape index (κ3) is 2.49. The SMILES string of the molecule is N#Cc1cccc(C(O)c2cccc(Cl)c2Cl)c1. The highest BCUT2D eigenvalue weighted by molar-refractivity contribution is 6.42. The van der Waals surface area contributed by atoms with Gasteiger partial charge in [-0.15, -0.1) is 0 Å². The molecule has 2 aromatic carbocycles. The summed E-state index contributed by atoms with van der Waals surface area (Å²) in [5, 5.41) is 19.8. The number of rotatable bonds is 2. The first-order chi connectivity index (χ1) is 8.63. The summed E-state index contributed by atoms with van der Waals surface area (Å²) in [6, 6.07) is 13.9. The van der Waals surface area contributed by atoms with E-state index in [0.29, 0.717) is 26.7 Å². The maximum Gasteiger partial charge on any atom is 0.106 e. The number of halogens is 2. The van der Waals surface area contributed by atoms with Crippen LogP contribution in [0.2, 0.25) is 10.0 Å². The van der Waals surface area contributed by atoms with Gasteiger partial charge in [0.2, 0.25) is 0 Å². The van der Waals surface area contributed by atoms with E-state index in [9.17, 15) is 5.11 Å². The van der Waals surface area contributed by atoms with Gasteiger partial charge in [0, 0.05) is 5.56 Å². The molecule has 1 N–H and O–H groups in total. The van der Waals surface area contributed by atoms with Gasteiger partial charge in [-0.25, -0.2) is 0 Å². The summed E-state index contributed by atoms with van der Waals surface area (Å²) >= 11 is 12.0. The average molecular weight is 278 g/mol. The first kappa shape index (κ1) is 12.9. The van der Waals surface area contributed by atoms with E-state index in [1.807, 2.05) is 6.07 Å². The second kappa shape index (κ2) is 5.41. The summed E-state index contributed by atoms with van der Waals surface area (Å²) in [6.45, 7) is 0. The molecule has 0 amide bonds. The predicted octanol–water partition coefficient (Wildman–Crippen LogP) is 3.95. The third-order valence-corrected chi connectivity index (χ3v) is 3.44. The van der Waals surface area contributed by atoms with E-state index in [2.05, 4.69) is 0 Å². The van der Waals surface area contributed by atoms with Gasteiger partial charge in [-0.2, -0.15) is 5.26 Å². The van der Waals surface area contributed by atoms with Gasteiger partial charge in [-0.05, 0) is 23.8 Å². The van der Waals surface area contributed by atoms with Gasteiger partial charge >= 0.3 is 0 Å². The monoisotopic (exact) mass is 277 g/mol. The Kier molecular flexibility index (Phi) is 3.88. The van der Waals surface area contributed by atoms with Gasteiger partial charge in [0.15, 0.2) is 0 Å². The van der Waals surface area contributed by atoms with E-state index in [1.54, 1.807) is 42.5 Å². The number of nitrogens with zero attached hydrogens (tertiary/aromatic N) is 1. The lowest BCUT2D eigenvalue weighted by Crippen LogP contribution is -2.01. The molecule has 1 atom stereocenters. The van der Waals surface area contributed by atoms with E-state index in [4.69, 9.17) is 28.5 Å². The molecule has 0 saturated heterocycles. The van der Waals surface area contributed by atoms with Crippen LogP contribution in [0.25, 0.3) is 0 Å². The topological polar surface area (TPSA) is 44.0 Å². The standard InChI is InChI=1S/C14H9Cl2NO/c15-12-6-2-5-11(13(12)16)14(18)10-4-1-3-9(7-10)8-17/h1-7,14,18H. The molecule has 0 radical (unpaired) electrons. The fourth-order valence-electron chi connectivity index (χ4n) is 1.69. The Morgan fingerprint density at radius 1 is 1.11 bits per heavy atom. The highest BCUT2D eigenvalue weighted by Gasteiger charge is 2.15. The van der Waals surface area contributed by atoms with Crippen molar-refractivity contribution in [2.24, 2.45) is 0 Å². The summed E-state index contributed by atoms with van der Waals surface area (Å²) < 4.78 is 0. The van der Waals surface area contributed by atoms with Crippen molar-refractivity contribution in [1.29, 1.82) is 5.26 Å². The molecule has 1 unspecified atom stereocenters. The molecule has 0 bridgehead atoms. The lowest BCUT2D eigenvalue weighted by Gasteiger charge is -2.14. The minimum Gasteiger partial charge on any atom is -0.384 e. The number of nitriles is 1. The van der Waals surface area contributed by atoms with Crippen LogP contribution in [0.3, 0.4) is 0 Å². The van der Waals surface area contributed by atoms with E-state index in [1.165, 1.54) is 0 Å². The van der Waals surface area contributed by atoms with Crippen LogP contribution in [-0.4, -0.2) is 5.11 Å². The molecule has 0 saturated carbocycles. The van der Waals surface area contributed by atoms with Crippen molar-refractivity contribution in [2.45, 2.75) is 6.10 Å². The Balaban J connectivity index is 2.45. The van der Waals surface area contributed by atoms with Crippen molar-refractivity contribution in [3.05, 3.63) is 69.2 Å². The van der Waals surface area contributed by atoms with Crippen LogP contribution in [0, 0.1) is 11.3 Å². The summed E-state index contributed by atoms with van der Waals surface area (Å²) in [5.41, 5.74) is 1.63. The molecule has 0 aliphatic carbocycles. The molecule has 4 heteroatoms. The van der Waals surface area contributed by atoms with Crippen molar-refractivity contribution in [2.75, 3.05) is 0 Å². The number of hydrogen-bond donors (Lipinski definition) is 1. The van der Waals surface area contributed by atoms with E-state index in [0.717, 1.165) is 0 Å². The highest BCUT2D eigenvalue weighted by Crippen LogP contribution is 2.33. The van der Waals surface area contributed by atoms with Crippen LogP contribution in [0.4, 0.5) is 0 Å². The van der Waals surface area contributed by atoms with E-state index in [-0.39, 0.29) is 0 Å². The molecule has 0 spiro atoms. The minimum atomic E-state index is -0.899. The molecular weight excluding hydrogens is 269 g/mol. The molecule has 2 rings (SSSR count). The fourth-order valence-corrected chi connectivity index (χ4v) is 2.10. The van der Waals surface area contributed by atoms with E-state index >= 15 is 0 Å². The van der Waals surface area contributed by atoms with Crippen LogP contribution in [0.1, 0.15) is 22.8 Å². The molecule has 2 nitrogen and oxygen atoms in total. The van der Waals surface area contributed by atoms with Crippen molar-refractivity contribution in [3.63, 3.8) is 0 Å². The lowest BCUT2D eigenvalue weighted by atomic mass is 10.00. The summed E-state index contributed by atoms with van der Waals surface area (Å²) in [7, 11) is 0. The third-order valence-electron chi connectivity index (χ3n) is 2.61. The maximum atomic E-state index is 10.3. The Bertz CT molecular complexity index is 619. The highest BCUT2D eigenvalue weighted by atomic mass is 35.5. The van der Waals surface area contributed by atoms with Crippen LogP contribution in [-0.2, 0) is 0 Å². The zero-order valence-corrected chi connectivity index (χ0v) is 10.8. The van der Waals surface area contributed by atoms with E-state index < -0.39 is 6.10 Å². The largest absolute Gasteiger partial charge is 0.384 e. The Morgan fingerprint density at radius 3 is 2.56 bits per heavy atom. The number of benzene rings is 2. The molecule has 2 aromatic rings. The molecular formula is C14H9Cl2NO. The van der Waals surface area contributed by atoms with Gasteiger partial charge in [-0.1, -0.05) is 47.5 Å². The molecule has 90 valence electrons. The summed E-state index contributed by atoms with van der Waals surface area (Å²) in [4.78, 5) is 0. The Hall–Kier alpha value is -1.53. The minimum absolute atomic E-state index is 0.328. The fraction of sp³-hybridized carbons (Fsp3) is 0.0714. The van der Waals surface area contributed by atoms with Crippen LogP contribution in [0.15, 0.2) is 42.5 Å². The Morgan fingerprint density at radius 2 is 1.83 bits per heavy atom. The summed E-state index contributed by atoms with van der Waals surface area (Å²) in [5.74, 6) is 0. The van der Waals surface area contributed by atoms with Crippen LogP contribution in [0.5, 0.6) is 0 Å². The molecule has 0 heterocycles. The quantitative estimate of drug-likeness (QED) is 0.904. The van der Waals surface area contributed by atoms with Crippen LogP contribution >= 0.6 is 23.2 Å². The smallest absolute Gasteiger partial charge is 0.106 e. The van der Waals surface area contributed by atoms with Crippen molar-refractivity contribution >= 4 is 23.2 Å². The van der Waals surface area contributed by atoms with Gasteiger partial charge in [0.1, 0.15) is 6.10 Å². The number of aliphatic hydroxyl groups excluding tert-OH is 1. The normalized spacial score (nSPS) is 11.9. The van der Waals surface area contributed by atoms with Crippen molar-refractivity contribution in [3.8, 4) is 6.07 Å². The lowest BCUT2D eigenvalue weighted by molar-refractivity contribution is 0.220. The van der Waals surface area contributed by atoms with Gasteiger partial charge in [0.25, 0.3) is 0 Å². The summed E-state index contributed by atoms with van der Waals surface area (Å²) in [6.07, 6.45) is -0.899. The molecule has 0 aromatic heterocycles. The first-order valence-electron chi connectivity index (χ1n) is 5.25. The molecule has 0 fully saturated rings. The maximum absolute atomic E-state index is 10.3. The molecule has 0 aliphatic heterocycles. The van der Waals surface area contributed by atoms with Gasteiger partial charge < -0.3 is 5.11 Å².